The molecule has 9 heteroatoms. The van der Waals surface area contributed by atoms with E-state index < -0.39 is 6.04 Å². The lowest BCUT2D eigenvalue weighted by Crippen LogP contribution is -2.52. The van der Waals surface area contributed by atoms with Gasteiger partial charge in [-0.25, -0.2) is 4.98 Å². The Labute approximate surface area is 194 Å². The smallest absolute Gasteiger partial charge is 0.256 e. The molecule has 6 rings (SSSR count). The first kappa shape index (κ1) is 20.3. The van der Waals surface area contributed by atoms with Crippen molar-refractivity contribution in [2.75, 3.05) is 24.2 Å². The third-order valence-electron chi connectivity index (χ3n) is 6.71. The van der Waals surface area contributed by atoms with Crippen LogP contribution in [-0.4, -0.2) is 62.4 Å². The summed E-state index contributed by atoms with van der Waals surface area (Å²) >= 11 is 1.64. The number of carbonyl (C=O) groups excluding carboxylic acids is 3. The fourth-order valence-corrected chi connectivity index (χ4v) is 6.52. The molecule has 4 heterocycles. The molecule has 0 radical (unpaired) electrons. The number of hydrogen-bond acceptors (Lipinski definition) is 5. The molecule has 0 bridgehead atoms. The number of thioether (sulfide) groups is 1. The van der Waals surface area contributed by atoms with E-state index in [2.05, 4.69) is 15.3 Å². The van der Waals surface area contributed by atoms with Crippen molar-refractivity contribution in [2.24, 2.45) is 5.92 Å². The molecule has 2 aromatic carbocycles. The number of H-pyrrole nitrogens is 1. The third-order valence-corrected chi connectivity index (χ3v) is 8.02. The standard InChI is InChI=1S/C24H23N5O3S/c30-20(27-24-25-17-9-3-4-10-18(17)26-24)14-6-5-11-28(12-14)22(32)19-13-33-23-16-8-2-1-7-15(16)21(31)29(19)23/h1-4,7-10,14,19,23H,5-6,11-13H2,(H2,25,26,27,30). The average Bonchev–Trinajstić information content (AvgIpc) is 3.53. The molecule has 8 nitrogen and oxygen atoms in total. The first-order chi connectivity index (χ1) is 16.1. The first-order valence-electron chi connectivity index (χ1n) is 11.2. The number of nitrogens with one attached hydrogen (secondary N) is 2. The number of rotatable bonds is 3. The number of likely N-dealkylation sites (tertiary alicyclic amines) is 1. The lowest BCUT2D eigenvalue weighted by atomic mass is 9.96. The number of hydrogen-bond donors (Lipinski definition) is 2. The Hall–Kier alpha value is -3.33. The zero-order valence-electron chi connectivity index (χ0n) is 17.9. The van der Waals surface area contributed by atoms with Gasteiger partial charge in [0, 0.05) is 24.4 Å². The van der Waals surface area contributed by atoms with E-state index >= 15 is 0 Å². The second kappa shape index (κ2) is 7.91. The van der Waals surface area contributed by atoms with E-state index in [0.29, 0.717) is 36.8 Å². The van der Waals surface area contributed by atoms with Crippen LogP contribution in [0.25, 0.3) is 11.0 Å². The number of para-hydroxylation sites is 2. The van der Waals surface area contributed by atoms with E-state index in [9.17, 15) is 14.4 Å². The topological polar surface area (TPSA) is 98.4 Å². The Morgan fingerprint density at radius 1 is 1.12 bits per heavy atom. The van der Waals surface area contributed by atoms with E-state index in [1.54, 1.807) is 21.6 Å². The van der Waals surface area contributed by atoms with Crippen LogP contribution in [0.3, 0.4) is 0 Å². The van der Waals surface area contributed by atoms with Crippen molar-refractivity contribution in [3.05, 3.63) is 59.7 Å². The Balaban J connectivity index is 1.14. The molecule has 0 spiro atoms. The van der Waals surface area contributed by atoms with E-state index in [0.717, 1.165) is 23.0 Å². The highest BCUT2D eigenvalue weighted by atomic mass is 32.2. The number of imidazole rings is 1. The highest BCUT2D eigenvalue weighted by Gasteiger charge is 2.49. The Morgan fingerprint density at radius 3 is 2.82 bits per heavy atom. The van der Waals surface area contributed by atoms with Gasteiger partial charge >= 0.3 is 0 Å². The van der Waals surface area contributed by atoms with Gasteiger partial charge in [-0.15, -0.1) is 11.8 Å². The molecular formula is C24H23N5O3S. The van der Waals surface area contributed by atoms with Crippen LogP contribution in [0, 0.1) is 5.92 Å². The molecule has 2 saturated heterocycles. The number of piperidine rings is 1. The Kier molecular flexibility index (Phi) is 4.86. The summed E-state index contributed by atoms with van der Waals surface area (Å²) < 4.78 is 0. The van der Waals surface area contributed by atoms with Crippen LogP contribution in [0.4, 0.5) is 5.95 Å². The van der Waals surface area contributed by atoms with Crippen LogP contribution in [0.5, 0.6) is 0 Å². The summed E-state index contributed by atoms with van der Waals surface area (Å²) in [5, 5.41) is 2.78. The molecule has 3 aliphatic rings. The van der Waals surface area contributed by atoms with Gasteiger partial charge in [-0.3, -0.25) is 19.7 Å². The molecule has 3 unspecified atom stereocenters. The molecule has 168 valence electrons. The van der Waals surface area contributed by atoms with Crippen LogP contribution in [0.2, 0.25) is 0 Å². The van der Waals surface area contributed by atoms with Crippen molar-refractivity contribution in [3.63, 3.8) is 0 Å². The molecule has 2 fully saturated rings. The minimum absolute atomic E-state index is 0.0626. The maximum absolute atomic E-state index is 13.5. The summed E-state index contributed by atoms with van der Waals surface area (Å²) in [6, 6.07) is 14.7. The molecule has 3 aliphatic heterocycles. The summed E-state index contributed by atoms with van der Waals surface area (Å²) in [5.41, 5.74) is 3.33. The molecule has 3 amide bonds. The van der Waals surface area contributed by atoms with Crippen molar-refractivity contribution in [1.29, 1.82) is 0 Å². The quantitative estimate of drug-likeness (QED) is 0.625. The number of aromatic amines is 1. The third kappa shape index (κ3) is 3.38. The fraction of sp³-hybridized carbons (Fsp3) is 0.333. The molecule has 3 atom stereocenters. The van der Waals surface area contributed by atoms with E-state index in [4.69, 9.17) is 0 Å². The predicted octanol–water partition coefficient (Wildman–Crippen LogP) is 3.01. The monoisotopic (exact) mass is 461 g/mol. The summed E-state index contributed by atoms with van der Waals surface area (Å²) in [7, 11) is 0. The van der Waals surface area contributed by atoms with Crippen LogP contribution in [0.15, 0.2) is 48.5 Å². The lowest BCUT2D eigenvalue weighted by molar-refractivity contribution is -0.138. The molecule has 33 heavy (non-hydrogen) atoms. The number of carbonyl (C=O) groups is 3. The Bertz CT molecular complexity index is 1240. The second-order valence-corrected chi connectivity index (χ2v) is 9.83. The van der Waals surface area contributed by atoms with Gasteiger partial charge in [-0.05, 0) is 36.6 Å². The normalized spacial score (nSPS) is 24.1. The number of nitrogens with zero attached hydrogens (tertiary/aromatic N) is 3. The lowest BCUT2D eigenvalue weighted by Gasteiger charge is -2.35. The van der Waals surface area contributed by atoms with Gasteiger partial charge in [0.2, 0.25) is 17.8 Å². The van der Waals surface area contributed by atoms with Crippen LogP contribution >= 0.6 is 11.8 Å². The van der Waals surface area contributed by atoms with Crippen molar-refractivity contribution in [1.82, 2.24) is 19.8 Å². The predicted molar refractivity (Wildman–Crippen MR) is 126 cm³/mol. The highest BCUT2D eigenvalue weighted by Crippen LogP contribution is 2.48. The number of aromatic nitrogens is 2. The molecule has 3 aromatic rings. The second-order valence-electron chi connectivity index (χ2n) is 8.72. The summed E-state index contributed by atoms with van der Waals surface area (Å²) in [4.78, 5) is 50.4. The van der Waals surface area contributed by atoms with Crippen molar-refractivity contribution < 1.29 is 14.4 Å². The SMILES string of the molecule is O=C(Nc1nc2ccccc2[nH]1)C1CCCN(C(=O)C2CSC3c4ccccc4C(=O)N23)C1. The minimum atomic E-state index is -0.489. The molecular weight excluding hydrogens is 438 g/mol. The van der Waals surface area contributed by atoms with Gasteiger partial charge in [-0.2, -0.15) is 0 Å². The van der Waals surface area contributed by atoms with Crippen molar-refractivity contribution in [2.45, 2.75) is 24.3 Å². The molecule has 0 aliphatic carbocycles. The van der Waals surface area contributed by atoms with Crippen LogP contribution < -0.4 is 5.32 Å². The molecule has 0 saturated carbocycles. The van der Waals surface area contributed by atoms with Gasteiger partial charge in [0.05, 0.1) is 17.0 Å². The summed E-state index contributed by atoms with van der Waals surface area (Å²) in [6.07, 6.45) is 1.47. The first-order valence-corrected chi connectivity index (χ1v) is 12.2. The van der Waals surface area contributed by atoms with E-state index in [1.807, 2.05) is 48.5 Å². The van der Waals surface area contributed by atoms with Gasteiger partial charge in [0.25, 0.3) is 5.91 Å². The fourth-order valence-electron chi connectivity index (χ4n) is 5.06. The minimum Gasteiger partial charge on any atom is -0.340 e. The van der Waals surface area contributed by atoms with Gasteiger partial charge in [-0.1, -0.05) is 30.3 Å². The molecule has 1 aromatic heterocycles. The summed E-state index contributed by atoms with van der Waals surface area (Å²) in [5.74, 6) is 0.403. The number of fused-ring (bicyclic) bond motifs is 4. The highest BCUT2D eigenvalue weighted by molar-refractivity contribution is 7.99. The largest absolute Gasteiger partial charge is 0.340 e. The molecule has 2 N–H and O–H groups in total. The van der Waals surface area contributed by atoms with E-state index in [-0.39, 0.29) is 29.0 Å². The van der Waals surface area contributed by atoms with E-state index in [1.165, 1.54) is 0 Å². The maximum Gasteiger partial charge on any atom is 0.256 e. The number of anilines is 1. The van der Waals surface area contributed by atoms with Crippen molar-refractivity contribution in [3.8, 4) is 0 Å². The van der Waals surface area contributed by atoms with Crippen molar-refractivity contribution >= 4 is 46.5 Å². The van der Waals surface area contributed by atoms with Gasteiger partial charge in [0.1, 0.15) is 11.4 Å². The van der Waals surface area contributed by atoms with Gasteiger partial charge in [0.15, 0.2) is 0 Å². The Morgan fingerprint density at radius 2 is 1.94 bits per heavy atom. The summed E-state index contributed by atoms with van der Waals surface area (Å²) in [6.45, 7) is 0.958. The average molecular weight is 462 g/mol. The number of benzene rings is 2. The maximum atomic E-state index is 13.5. The zero-order valence-corrected chi connectivity index (χ0v) is 18.7. The van der Waals surface area contributed by atoms with Crippen LogP contribution in [0.1, 0.15) is 34.1 Å². The number of amides is 3. The zero-order chi connectivity index (χ0) is 22.5. The van der Waals surface area contributed by atoms with Gasteiger partial charge < -0.3 is 14.8 Å². The van der Waals surface area contributed by atoms with Crippen LogP contribution in [-0.2, 0) is 9.59 Å².